The van der Waals surface area contributed by atoms with Crippen LogP contribution in [0.15, 0.2) is 12.4 Å². The lowest BCUT2D eigenvalue weighted by atomic mass is 9.58. The number of hydrogen-bond acceptors (Lipinski definition) is 14. The van der Waals surface area contributed by atoms with Crippen LogP contribution in [0.4, 0.5) is 0 Å². The molecule has 2 aliphatic carbocycles. The third-order valence-corrected chi connectivity index (χ3v) is 16.7. The molecule has 8 saturated heterocycles. The number of nitrogens with zero attached hydrogens (tertiary/aromatic N) is 6. The smallest absolute Gasteiger partial charge is 0.201 e. The third kappa shape index (κ3) is 8.01. The summed E-state index contributed by atoms with van der Waals surface area (Å²) in [6.07, 6.45) is 18.8. The summed E-state index contributed by atoms with van der Waals surface area (Å²) >= 11 is 0. The number of aromatic nitrogens is 6. The molecule has 12 rings (SSSR count). The van der Waals surface area contributed by atoms with Gasteiger partial charge in [0.2, 0.25) is 11.6 Å². The maximum Gasteiger partial charge on any atom is 0.201 e. The Bertz CT molecular complexity index is 1710. The van der Waals surface area contributed by atoms with Crippen molar-refractivity contribution in [1.82, 2.24) is 30.0 Å². The molecule has 10 heterocycles. The Morgan fingerprint density at radius 3 is 1.45 bits per heavy atom. The van der Waals surface area contributed by atoms with E-state index in [0.29, 0.717) is 49.7 Å². The van der Waals surface area contributed by atoms with Crippen LogP contribution in [0.5, 0.6) is 0 Å². The molecule has 16 atom stereocenters. The van der Waals surface area contributed by atoms with Gasteiger partial charge in [-0.25, -0.2) is 19.6 Å². The van der Waals surface area contributed by atoms with Crippen molar-refractivity contribution in [2.24, 2.45) is 47.3 Å². The van der Waals surface area contributed by atoms with Gasteiger partial charge >= 0.3 is 0 Å². The lowest BCUT2D eigenvalue weighted by molar-refractivity contribution is -0.577. The second kappa shape index (κ2) is 17.6. The van der Waals surface area contributed by atoms with Crippen LogP contribution in [-0.2, 0) is 73.9 Å². The van der Waals surface area contributed by atoms with Crippen LogP contribution in [0.3, 0.4) is 0 Å². The Morgan fingerprint density at radius 1 is 0.565 bits per heavy atom. The van der Waals surface area contributed by atoms with E-state index in [-0.39, 0.29) is 36.3 Å². The van der Waals surface area contributed by atoms with E-state index in [4.69, 9.17) is 48.0 Å². The first kappa shape index (κ1) is 43.8. The SMILES string of the molecule is C[C@H]1[C@H](OCCc2cn(CCCCCCCCn3cc(CCO[C@@H]4O[C@@H]5O[C@@]6(C)CC[C@H]7[C@H](C)CC[C@@H]([C@H]4C)[C@@]57OO6)nn3)nn2)O[C@@H]2O[C@@]3(C)CC[C@H]4[C@H](C)CC[C@@H]1[C@@]24OO3. The van der Waals surface area contributed by atoms with Crippen LogP contribution in [0.1, 0.15) is 143 Å². The lowest BCUT2D eigenvalue weighted by Crippen LogP contribution is -2.70. The first-order valence-corrected chi connectivity index (χ1v) is 24.4. The van der Waals surface area contributed by atoms with Gasteiger partial charge in [0.1, 0.15) is 0 Å². The van der Waals surface area contributed by atoms with Gasteiger partial charge in [0.25, 0.3) is 0 Å². The number of fused-ring (bicyclic) bond motifs is 4. The molecule has 10 aliphatic rings. The van der Waals surface area contributed by atoms with Crippen LogP contribution >= 0.6 is 0 Å². The van der Waals surface area contributed by atoms with Crippen molar-refractivity contribution in [2.45, 2.75) is 205 Å². The number of hydrogen-bond donors (Lipinski definition) is 0. The van der Waals surface area contributed by atoms with E-state index in [9.17, 15) is 0 Å². The van der Waals surface area contributed by atoms with E-state index in [0.717, 1.165) is 75.8 Å². The van der Waals surface area contributed by atoms with Gasteiger partial charge in [-0.2, -0.15) is 0 Å². The largest absolute Gasteiger partial charge is 0.352 e. The second-order valence-corrected chi connectivity index (χ2v) is 20.9. The summed E-state index contributed by atoms with van der Waals surface area (Å²) in [4.78, 5) is 24.4. The molecule has 8 aliphatic heterocycles. The summed E-state index contributed by atoms with van der Waals surface area (Å²) in [5, 5.41) is 17.7. The first-order valence-electron chi connectivity index (χ1n) is 24.4. The molecular weight excluding hydrogens is 797 g/mol. The molecule has 62 heavy (non-hydrogen) atoms. The third-order valence-electron chi connectivity index (χ3n) is 16.7. The molecule has 346 valence electrons. The van der Waals surface area contributed by atoms with E-state index in [1.54, 1.807) is 0 Å². The average molecular weight is 869 g/mol. The lowest BCUT2D eigenvalue weighted by Gasteiger charge is -2.60. The summed E-state index contributed by atoms with van der Waals surface area (Å²) < 4.78 is 42.8. The molecule has 0 N–H and O–H groups in total. The van der Waals surface area contributed by atoms with Crippen LogP contribution in [-0.4, -0.2) is 91.1 Å². The van der Waals surface area contributed by atoms with Crippen molar-refractivity contribution in [1.29, 1.82) is 0 Å². The Morgan fingerprint density at radius 2 is 1.00 bits per heavy atom. The molecule has 4 bridgehead atoms. The molecule has 10 fully saturated rings. The zero-order valence-corrected chi connectivity index (χ0v) is 38.0. The number of rotatable bonds is 17. The predicted octanol–water partition coefficient (Wildman–Crippen LogP) is 7.44. The van der Waals surface area contributed by atoms with Gasteiger partial charge < -0.3 is 28.4 Å². The van der Waals surface area contributed by atoms with Crippen LogP contribution in [0, 0.1) is 47.3 Å². The summed E-state index contributed by atoms with van der Waals surface area (Å²) in [5.74, 6) is 1.04. The van der Waals surface area contributed by atoms with E-state index in [1.807, 2.05) is 23.2 Å². The van der Waals surface area contributed by atoms with Gasteiger partial charge in [0.05, 0.1) is 24.6 Å². The standard InChI is InChI=1S/C46H72N6O10/c1-29-13-15-37-31(3)39(55-41-45(37)35(29)17-21-43(5,57-41)59-61-45)53-25-19-33-27-51(49-47-33)23-11-9-7-8-10-12-24-52-28-34(48-50-52)20-26-54-40-32(4)38-16-14-30(2)36-18-22-44(6)58-42(56-40)46(36,38)62-60-44/h27-32,35-42H,7-26H2,1-6H3/t29-,30-,31-,32-,35+,36+,37+,38+,39-,40-,41-,42-,43-,44-,45-,46-/m1/s1. The quantitative estimate of drug-likeness (QED) is 0.114. The molecule has 2 saturated carbocycles. The Labute approximate surface area is 366 Å². The topological polar surface area (TPSA) is 154 Å². The monoisotopic (exact) mass is 869 g/mol. The van der Waals surface area contributed by atoms with Crippen molar-refractivity contribution in [2.75, 3.05) is 13.2 Å². The minimum absolute atomic E-state index is 0.159. The highest BCUT2D eigenvalue weighted by atomic mass is 17.3. The van der Waals surface area contributed by atoms with E-state index in [1.165, 1.54) is 38.5 Å². The van der Waals surface area contributed by atoms with Crippen molar-refractivity contribution in [3.8, 4) is 0 Å². The predicted molar refractivity (Wildman–Crippen MR) is 221 cm³/mol. The van der Waals surface area contributed by atoms with Gasteiger partial charge in [-0.3, -0.25) is 9.36 Å². The molecule has 0 amide bonds. The van der Waals surface area contributed by atoms with Crippen molar-refractivity contribution in [3.05, 3.63) is 23.8 Å². The first-order chi connectivity index (χ1) is 30.0. The van der Waals surface area contributed by atoms with Crippen LogP contribution in [0.2, 0.25) is 0 Å². The fraction of sp³-hybridized carbons (Fsp3) is 0.913. The van der Waals surface area contributed by atoms with E-state index >= 15 is 0 Å². The van der Waals surface area contributed by atoms with Gasteiger partial charge in [-0.15, -0.1) is 10.2 Å². The van der Waals surface area contributed by atoms with E-state index in [2.05, 4.69) is 60.7 Å². The second-order valence-electron chi connectivity index (χ2n) is 20.9. The summed E-state index contributed by atoms with van der Waals surface area (Å²) in [7, 11) is 0. The molecular formula is C46H72N6O10. The maximum atomic E-state index is 6.58. The van der Waals surface area contributed by atoms with Crippen molar-refractivity contribution < 1.29 is 48.0 Å². The number of aryl methyl sites for hydroxylation is 2. The number of unbranched alkanes of at least 4 members (excludes halogenated alkanes) is 5. The Kier molecular flexibility index (Phi) is 12.4. The van der Waals surface area contributed by atoms with Gasteiger partial charge in [-0.05, 0) is 88.9 Å². The highest BCUT2D eigenvalue weighted by Gasteiger charge is 2.71. The zero-order chi connectivity index (χ0) is 42.7. The molecule has 0 radical (unpaired) electrons. The Balaban J connectivity index is 0.595. The van der Waals surface area contributed by atoms with Crippen LogP contribution in [0.25, 0.3) is 0 Å². The summed E-state index contributed by atoms with van der Waals surface area (Å²) in [5.41, 5.74) is 0.742. The maximum absolute atomic E-state index is 6.58. The number of ether oxygens (including phenoxy) is 6. The molecule has 0 unspecified atom stereocenters. The van der Waals surface area contributed by atoms with Gasteiger partial charge in [-0.1, -0.05) is 63.8 Å². The molecule has 0 aromatic carbocycles. The van der Waals surface area contributed by atoms with Crippen molar-refractivity contribution >= 4 is 0 Å². The van der Waals surface area contributed by atoms with Gasteiger partial charge in [0.15, 0.2) is 36.4 Å². The molecule has 2 aromatic rings. The summed E-state index contributed by atoms with van der Waals surface area (Å²) in [6, 6.07) is 0. The van der Waals surface area contributed by atoms with E-state index < -0.39 is 35.4 Å². The zero-order valence-electron chi connectivity index (χ0n) is 38.0. The average Bonchev–Trinajstić information content (AvgIpc) is 3.76. The fourth-order valence-electron chi connectivity index (χ4n) is 13.1. The fourth-order valence-corrected chi connectivity index (χ4v) is 13.1. The molecule has 16 heteroatoms. The van der Waals surface area contributed by atoms with Crippen LogP contribution < -0.4 is 0 Å². The summed E-state index contributed by atoms with van der Waals surface area (Å²) in [6.45, 7) is 15.8. The van der Waals surface area contributed by atoms with Crippen molar-refractivity contribution in [3.63, 3.8) is 0 Å². The minimum atomic E-state index is -0.783. The Hall–Kier alpha value is -2.12. The molecule has 2 aromatic heterocycles. The molecule has 2 spiro atoms. The normalized spacial score (nSPS) is 44.4. The highest BCUT2D eigenvalue weighted by Crippen LogP contribution is 2.62. The highest BCUT2D eigenvalue weighted by molar-refractivity contribution is 5.11. The molecule has 16 nitrogen and oxygen atoms in total. The minimum Gasteiger partial charge on any atom is -0.352 e. The van der Waals surface area contributed by atoms with Gasteiger partial charge in [0, 0.05) is 74.8 Å².